The van der Waals surface area contributed by atoms with Crippen LogP contribution in [0.2, 0.25) is 5.02 Å². The fraction of sp³-hybridized carbons (Fsp3) is 0.462. The van der Waals surface area contributed by atoms with Crippen molar-refractivity contribution in [3.8, 4) is 0 Å². The third kappa shape index (κ3) is 3.39. The number of carboxylic acids is 1. The van der Waals surface area contributed by atoms with Gasteiger partial charge in [0.2, 0.25) is 0 Å². The summed E-state index contributed by atoms with van der Waals surface area (Å²) in [5.41, 5.74) is -0.841. The van der Waals surface area contributed by atoms with E-state index in [0.29, 0.717) is 17.9 Å². The number of nitro groups is 1. The summed E-state index contributed by atoms with van der Waals surface area (Å²) in [6.45, 7) is 3.67. The zero-order valence-corrected chi connectivity index (χ0v) is 12.1. The monoisotopic (exact) mass is 300 g/mol. The third-order valence-corrected chi connectivity index (χ3v) is 3.81. The van der Waals surface area contributed by atoms with Gasteiger partial charge < -0.3 is 10.4 Å². The second-order valence-corrected chi connectivity index (χ2v) is 5.00. The van der Waals surface area contributed by atoms with Gasteiger partial charge in [-0.2, -0.15) is 0 Å². The zero-order chi connectivity index (χ0) is 15.3. The van der Waals surface area contributed by atoms with Gasteiger partial charge in [-0.25, -0.2) is 0 Å². The van der Waals surface area contributed by atoms with Crippen molar-refractivity contribution < 1.29 is 14.8 Å². The lowest BCUT2D eigenvalue weighted by molar-refractivity contribution is -0.384. The molecule has 0 amide bonds. The highest BCUT2D eigenvalue weighted by Crippen LogP contribution is 2.31. The molecule has 0 fully saturated rings. The Morgan fingerprint density at radius 1 is 1.45 bits per heavy atom. The van der Waals surface area contributed by atoms with E-state index in [9.17, 15) is 20.0 Å². The molecule has 2 N–H and O–H groups in total. The van der Waals surface area contributed by atoms with Crippen LogP contribution in [0.1, 0.15) is 26.7 Å². The smallest absolute Gasteiger partial charge is 0.311 e. The molecular formula is C13H17ClN2O4. The normalized spacial score (nSPS) is 11.2. The van der Waals surface area contributed by atoms with Crippen LogP contribution >= 0.6 is 11.6 Å². The van der Waals surface area contributed by atoms with Gasteiger partial charge in [0.15, 0.2) is 0 Å². The van der Waals surface area contributed by atoms with Gasteiger partial charge in [0.25, 0.3) is 5.69 Å². The maximum Gasteiger partial charge on any atom is 0.311 e. The van der Waals surface area contributed by atoms with Crippen molar-refractivity contribution in [2.45, 2.75) is 26.7 Å². The Labute approximate surface area is 121 Å². The van der Waals surface area contributed by atoms with Crippen LogP contribution in [0.25, 0.3) is 0 Å². The summed E-state index contributed by atoms with van der Waals surface area (Å²) in [7, 11) is 0. The number of halogens is 1. The molecule has 0 heterocycles. The van der Waals surface area contributed by atoms with Gasteiger partial charge in [-0.3, -0.25) is 14.9 Å². The topological polar surface area (TPSA) is 92.5 Å². The number of hydrogen-bond acceptors (Lipinski definition) is 4. The molecule has 1 rings (SSSR count). The number of carboxylic acid groups (broad SMARTS) is 1. The average Bonchev–Trinajstić information content (AvgIpc) is 2.39. The predicted molar refractivity (Wildman–Crippen MR) is 77.2 cm³/mol. The van der Waals surface area contributed by atoms with E-state index in [1.54, 1.807) is 13.8 Å². The van der Waals surface area contributed by atoms with Crippen molar-refractivity contribution in [1.29, 1.82) is 0 Å². The number of hydrogen-bond donors (Lipinski definition) is 2. The van der Waals surface area contributed by atoms with Crippen LogP contribution in [0.15, 0.2) is 18.2 Å². The van der Waals surface area contributed by atoms with Gasteiger partial charge in [-0.1, -0.05) is 25.4 Å². The molecule has 0 aliphatic carbocycles. The molecule has 1 aromatic rings. The van der Waals surface area contributed by atoms with Crippen LogP contribution in [0, 0.1) is 15.5 Å². The van der Waals surface area contributed by atoms with Crippen molar-refractivity contribution in [3.05, 3.63) is 33.3 Å². The molecule has 0 radical (unpaired) electrons. The maximum absolute atomic E-state index is 11.4. The summed E-state index contributed by atoms with van der Waals surface area (Å²) in [6.07, 6.45) is 0.862. The van der Waals surface area contributed by atoms with Crippen LogP contribution in [0.5, 0.6) is 0 Å². The molecule has 0 aliphatic rings. The van der Waals surface area contributed by atoms with Crippen LogP contribution in [0.4, 0.5) is 11.4 Å². The highest BCUT2D eigenvalue weighted by atomic mass is 35.5. The molecule has 0 saturated carbocycles. The summed E-state index contributed by atoms with van der Waals surface area (Å²) < 4.78 is 0. The second-order valence-electron chi connectivity index (χ2n) is 4.56. The third-order valence-electron chi connectivity index (χ3n) is 3.58. The van der Waals surface area contributed by atoms with Gasteiger partial charge in [-0.05, 0) is 25.0 Å². The molecule has 20 heavy (non-hydrogen) atoms. The summed E-state index contributed by atoms with van der Waals surface area (Å²) in [6, 6.07) is 4.15. The van der Waals surface area contributed by atoms with E-state index in [1.165, 1.54) is 18.2 Å². The van der Waals surface area contributed by atoms with Gasteiger partial charge in [-0.15, -0.1) is 0 Å². The van der Waals surface area contributed by atoms with Crippen LogP contribution in [-0.4, -0.2) is 22.5 Å². The first-order chi connectivity index (χ1) is 9.36. The molecule has 0 bridgehead atoms. The largest absolute Gasteiger partial charge is 0.481 e. The lowest BCUT2D eigenvalue weighted by atomic mass is 9.82. The maximum atomic E-state index is 11.4. The van der Waals surface area contributed by atoms with Crippen LogP contribution < -0.4 is 5.32 Å². The Balaban J connectivity index is 3.01. The lowest BCUT2D eigenvalue weighted by Gasteiger charge is -2.27. The lowest BCUT2D eigenvalue weighted by Crippen LogP contribution is -2.37. The molecular weight excluding hydrogens is 284 g/mol. The Morgan fingerprint density at radius 3 is 2.50 bits per heavy atom. The zero-order valence-electron chi connectivity index (χ0n) is 11.4. The molecule has 110 valence electrons. The number of benzene rings is 1. The molecule has 0 unspecified atom stereocenters. The number of aliphatic carboxylic acids is 1. The first-order valence-corrected chi connectivity index (χ1v) is 6.65. The predicted octanol–water partition coefficient (Wildman–Crippen LogP) is 3.55. The number of carbonyl (C=O) groups is 1. The first kappa shape index (κ1) is 16.2. The number of rotatable bonds is 7. The molecule has 7 heteroatoms. The number of anilines is 1. The van der Waals surface area contributed by atoms with Crippen molar-refractivity contribution in [2.75, 3.05) is 11.9 Å². The van der Waals surface area contributed by atoms with E-state index in [4.69, 9.17) is 11.6 Å². The Hall–Kier alpha value is -1.82. The Bertz CT molecular complexity index is 515. The van der Waals surface area contributed by atoms with Crippen molar-refractivity contribution >= 4 is 28.9 Å². The Kier molecular flexibility index (Phi) is 5.33. The molecule has 6 nitrogen and oxygen atoms in total. The number of nitrogens with one attached hydrogen (secondary N) is 1. The number of nitrogens with zero attached hydrogens (tertiary/aromatic N) is 1. The fourth-order valence-electron chi connectivity index (χ4n) is 1.95. The highest BCUT2D eigenvalue weighted by Gasteiger charge is 2.35. The van der Waals surface area contributed by atoms with E-state index < -0.39 is 16.3 Å². The average molecular weight is 301 g/mol. The standard InChI is InChI=1S/C13H17ClN2O4/c1-3-13(4-2,12(17)18)8-15-10-7-9(14)5-6-11(10)16(19)20/h5-7,15H,3-4,8H2,1-2H3,(H,17,18). The van der Waals surface area contributed by atoms with E-state index >= 15 is 0 Å². The molecule has 0 atom stereocenters. The molecule has 0 saturated heterocycles. The SMILES string of the molecule is CCC(CC)(CNc1cc(Cl)ccc1[N+](=O)[O-])C(=O)O. The van der Waals surface area contributed by atoms with Crippen LogP contribution in [-0.2, 0) is 4.79 Å². The van der Waals surface area contributed by atoms with E-state index in [1.807, 2.05) is 0 Å². The van der Waals surface area contributed by atoms with E-state index in [2.05, 4.69) is 5.32 Å². The van der Waals surface area contributed by atoms with Crippen molar-refractivity contribution in [2.24, 2.45) is 5.41 Å². The van der Waals surface area contributed by atoms with Gasteiger partial charge in [0.1, 0.15) is 5.69 Å². The molecule has 0 aromatic heterocycles. The summed E-state index contributed by atoms with van der Waals surface area (Å²) in [5, 5.41) is 23.5. The summed E-state index contributed by atoms with van der Waals surface area (Å²) in [5.74, 6) is -0.917. The van der Waals surface area contributed by atoms with E-state index in [-0.39, 0.29) is 17.9 Å². The second kappa shape index (κ2) is 6.56. The van der Waals surface area contributed by atoms with Gasteiger partial charge >= 0.3 is 5.97 Å². The minimum absolute atomic E-state index is 0.108. The molecule has 0 spiro atoms. The van der Waals surface area contributed by atoms with Crippen molar-refractivity contribution in [1.82, 2.24) is 0 Å². The minimum atomic E-state index is -0.948. The van der Waals surface area contributed by atoms with Crippen LogP contribution in [0.3, 0.4) is 0 Å². The van der Waals surface area contributed by atoms with Crippen molar-refractivity contribution in [3.63, 3.8) is 0 Å². The first-order valence-electron chi connectivity index (χ1n) is 6.27. The van der Waals surface area contributed by atoms with Gasteiger partial charge in [0, 0.05) is 17.6 Å². The number of nitro benzene ring substituents is 1. The molecule has 1 aromatic carbocycles. The Morgan fingerprint density at radius 2 is 2.05 bits per heavy atom. The quantitative estimate of drug-likeness (QED) is 0.593. The van der Waals surface area contributed by atoms with E-state index in [0.717, 1.165) is 0 Å². The summed E-state index contributed by atoms with van der Waals surface area (Å²) in [4.78, 5) is 21.8. The summed E-state index contributed by atoms with van der Waals surface area (Å²) >= 11 is 5.82. The fourth-order valence-corrected chi connectivity index (χ4v) is 2.12. The molecule has 0 aliphatic heterocycles. The highest BCUT2D eigenvalue weighted by molar-refractivity contribution is 6.31. The minimum Gasteiger partial charge on any atom is -0.481 e. The van der Waals surface area contributed by atoms with Gasteiger partial charge in [0.05, 0.1) is 10.3 Å².